The third kappa shape index (κ3) is 32.1. The van der Waals surface area contributed by atoms with Crippen LogP contribution in [0.25, 0.3) is 0 Å². The van der Waals surface area contributed by atoms with Gasteiger partial charge in [-0.2, -0.15) is 36.2 Å². The van der Waals surface area contributed by atoms with Crippen LogP contribution in [0.2, 0.25) is 0 Å². The number of carboxylic acids is 1. The number of thioether (sulfide) groups is 2. The lowest BCUT2D eigenvalue weighted by Crippen LogP contribution is -2.61. The third-order valence-electron chi connectivity index (χ3n) is 11.9. The Morgan fingerprint density at radius 3 is 1.40 bits per heavy atom. The Morgan fingerprint density at radius 1 is 0.471 bits per heavy atom. The zero-order chi connectivity index (χ0) is 64.9. The molecule has 0 rings (SSSR count). The van der Waals surface area contributed by atoms with E-state index in [0.29, 0.717) is 18.6 Å². The van der Waals surface area contributed by atoms with E-state index in [1.165, 1.54) is 44.3 Å². The fraction of sp³-hybridized carbons (Fsp3) is 0.688. The van der Waals surface area contributed by atoms with Crippen LogP contribution in [-0.4, -0.2) is 234 Å². The number of rotatable bonds is 44. The van der Waals surface area contributed by atoms with Crippen LogP contribution in [0.3, 0.4) is 0 Å². The fourth-order valence-electron chi connectivity index (χ4n) is 7.07. The van der Waals surface area contributed by atoms with Crippen LogP contribution >= 0.6 is 36.2 Å². The van der Waals surface area contributed by atoms with E-state index in [2.05, 4.69) is 71.1 Å². The first-order valence-electron chi connectivity index (χ1n) is 26.6. The molecule has 0 bridgehead atoms. The van der Waals surface area contributed by atoms with Gasteiger partial charge in [0.05, 0.1) is 45.3 Å². The van der Waals surface area contributed by atoms with Gasteiger partial charge in [0.2, 0.25) is 82.7 Å². The van der Waals surface area contributed by atoms with Crippen molar-refractivity contribution in [2.75, 3.05) is 69.2 Å². The van der Waals surface area contributed by atoms with Gasteiger partial charge in [-0.05, 0) is 81.9 Å². The summed E-state index contributed by atoms with van der Waals surface area (Å²) in [6.07, 6.45) is 2.69. The number of carbonyl (C=O) groups is 15. The summed E-state index contributed by atoms with van der Waals surface area (Å²) >= 11 is 6.86. The lowest BCUT2D eigenvalue weighted by atomic mass is 10.0. The van der Waals surface area contributed by atoms with E-state index in [-0.39, 0.29) is 50.2 Å². The van der Waals surface area contributed by atoms with Crippen molar-refractivity contribution in [1.29, 1.82) is 0 Å². The second kappa shape index (κ2) is 42.7. The van der Waals surface area contributed by atoms with Crippen LogP contribution < -0.4 is 86.7 Å². The molecule has 0 aliphatic heterocycles. The minimum Gasteiger partial charge on any atom is -0.480 e. The number of amides is 14. The molecular weight excluding hydrogens is 1180 g/mol. The minimum atomic E-state index is -1.79. The quantitative estimate of drug-likeness (QED) is 0.0199. The number of thiol groups is 1. The molecule has 0 aliphatic carbocycles. The lowest BCUT2D eigenvalue weighted by molar-refractivity contribution is -0.143. The van der Waals surface area contributed by atoms with Crippen molar-refractivity contribution in [1.82, 2.24) is 63.8 Å². The first-order chi connectivity index (χ1) is 40.0. The molecule has 0 aromatic rings. The molecule has 10 atom stereocenters. The average Bonchev–Trinajstić information content (AvgIpc) is 3.66. The Hall–Kier alpha value is -7.06. The number of unbranched alkanes of at least 4 members (excludes halogenated alkanes) is 1. The van der Waals surface area contributed by atoms with Gasteiger partial charge < -0.3 is 102 Å². The highest BCUT2D eigenvalue weighted by Gasteiger charge is 2.35. The summed E-state index contributed by atoms with van der Waals surface area (Å²) in [6, 6.07) is -14.7. The monoisotopic (exact) mass is 1270 g/mol. The molecule has 14 amide bonds. The zero-order valence-corrected chi connectivity index (χ0v) is 50.4. The van der Waals surface area contributed by atoms with Crippen LogP contribution in [0.4, 0.5) is 0 Å². The van der Waals surface area contributed by atoms with Gasteiger partial charge >= 0.3 is 5.97 Å². The number of primary amides is 2. The lowest BCUT2D eigenvalue weighted by Gasteiger charge is -2.27. The van der Waals surface area contributed by atoms with Crippen LogP contribution in [0.15, 0.2) is 0 Å². The molecule has 0 unspecified atom stereocenters. The molecule has 34 nitrogen and oxygen atoms in total. The SMILES string of the molecule is CSCC[C@H](NC(=O)[C@H](CC(N)=O)NC(=O)[C@H](CCCCN)NC(=O)[C@H](CS)NC(=O)[C@H](C)NC(=O)CNC(=O)[C@H](CCC(N)=O)NC(=O)CNC(=O)[C@@H](N)CCSC)C(=O)N[C@@H](CO)C(=O)N[C@H](C(=O)NCC(=O)N[C@@H](CO)C(=O)O)C(C)C. The maximum Gasteiger partial charge on any atom is 0.328 e. The summed E-state index contributed by atoms with van der Waals surface area (Å²) in [5, 5.41) is 56.1. The molecule has 0 aromatic heterocycles. The van der Waals surface area contributed by atoms with Gasteiger partial charge in [-0.3, -0.25) is 67.1 Å². The van der Waals surface area contributed by atoms with E-state index in [1.54, 1.807) is 6.26 Å². The number of carbonyl (C=O) groups excluding carboxylic acids is 14. The van der Waals surface area contributed by atoms with Gasteiger partial charge in [0.1, 0.15) is 54.4 Å². The number of hydrogen-bond donors (Lipinski definition) is 20. The van der Waals surface area contributed by atoms with Crippen molar-refractivity contribution in [3.05, 3.63) is 0 Å². The standard InChI is InChI=1S/C48H84N16O18S3/c1-23(2)38(47(80)55-19-37(71)58-31(21-66)48(81)82)64-45(78)30(20-65)62-43(76)28(12-15-85-5)60-44(77)29(16-34(52)68)61-42(75)26(8-6-7-13-49)59-46(79)32(22-83)63-39(72)24(3)56-35(69)17-54-41(74)27(9-10-33(51)67)57-36(70)18-53-40(73)25(50)11-14-84-4/h23-32,38,65-66,83H,6-22,49-50H2,1-5H3,(H2,51,67)(H2,52,68)(H,53,73)(H,54,74)(H,55,80)(H,56,69)(H,57,70)(H,58,71)(H,59,79)(H,60,77)(H,61,75)(H,62,76)(H,63,72)(H,64,78)(H,81,82)/t24-,25-,26-,27-,28-,29-,30-,31-,32-,38-/m0/s1. The Balaban J connectivity index is 6.08. The van der Waals surface area contributed by atoms with Crippen LogP contribution in [0.1, 0.15) is 72.1 Å². The number of aliphatic hydroxyl groups is 2. The number of nitrogens with two attached hydrogens (primary N) is 4. The molecule has 482 valence electrons. The fourth-order valence-corrected chi connectivity index (χ4v) is 8.29. The van der Waals surface area contributed by atoms with E-state index in [9.17, 15) is 77.0 Å². The molecule has 0 aromatic carbocycles. The van der Waals surface area contributed by atoms with Crippen molar-refractivity contribution in [2.24, 2.45) is 28.9 Å². The highest BCUT2D eigenvalue weighted by molar-refractivity contribution is 7.98. The largest absolute Gasteiger partial charge is 0.480 e. The van der Waals surface area contributed by atoms with Gasteiger partial charge in [-0.15, -0.1) is 0 Å². The second-order valence-corrected chi connectivity index (χ2v) is 21.6. The van der Waals surface area contributed by atoms with E-state index < -0.39 is 194 Å². The molecule has 37 heteroatoms. The molecule has 0 radical (unpaired) electrons. The Kier molecular flexibility index (Phi) is 39.2. The van der Waals surface area contributed by atoms with Gasteiger partial charge in [0.25, 0.3) is 0 Å². The van der Waals surface area contributed by atoms with Crippen molar-refractivity contribution in [3.8, 4) is 0 Å². The van der Waals surface area contributed by atoms with E-state index in [4.69, 9.17) is 33.1 Å². The van der Waals surface area contributed by atoms with Gasteiger partial charge in [-0.25, -0.2) is 4.79 Å². The van der Waals surface area contributed by atoms with Crippen LogP contribution in [-0.2, 0) is 71.9 Å². The Bertz CT molecular complexity index is 2310. The average molecular weight is 1270 g/mol. The molecule has 0 saturated heterocycles. The molecule has 0 aliphatic rings. The number of carboxylic acid groups (broad SMARTS) is 1. The topological polar surface area (TPSA) is 565 Å². The van der Waals surface area contributed by atoms with Crippen LogP contribution in [0.5, 0.6) is 0 Å². The highest BCUT2D eigenvalue weighted by Crippen LogP contribution is 2.09. The number of aliphatic hydroxyl groups excluding tert-OH is 2. The van der Waals surface area contributed by atoms with Crippen molar-refractivity contribution in [2.45, 2.75) is 133 Å². The minimum absolute atomic E-state index is 0.113. The summed E-state index contributed by atoms with van der Waals surface area (Å²) in [4.78, 5) is 193. The molecule has 0 heterocycles. The van der Waals surface area contributed by atoms with Crippen molar-refractivity contribution >= 4 is 125 Å². The van der Waals surface area contributed by atoms with Gasteiger partial charge in [0, 0.05) is 12.2 Å². The molecule has 0 fully saturated rings. The maximum atomic E-state index is 13.9. The molecular formula is C48H84N16O18S3. The summed E-state index contributed by atoms with van der Waals surface area (Å²) in [5.41, 5.74) is 22.1. The summed E-state index contributed by atoms with van der Waals surface area (Å²) < 4.78 is 0. The molecule has 0 spiro atoms. The third-order valence-corrected chi connectivity index (χ3v) is 13.5. The first kappa shape index (κ1) is 77.9. The van der Waals surface area contributed by atoms with E-state index in [1.807, 2.05) is 11.6 Å². The number of hydrogen-bond acceptors (Lipinski definition) is 22. The molecule has 23 N–H and O–H groups in total. The summed E-state index contributed by atoms with van der Waals surface area (Å²) in [6.45, 7) is 0.380. The number of aliphatic carboxylic acids is 1. The molecule has 0 saturated carbocycles. The maximum absolute atomic E-state index is 13.9. The highest BCUT2D eigenvalue weighted by atomic mass is 32.2. The first-order valence-corrected chi connectivity index (χ1v) is 30.0. The van der Waals surface area contributed by atoms with Crippen molar-refractivity contribution in [3.63, 3.8) is 0 Å². The van der Waals surface area contributed by atoms with E-state index in [0.717, 1.165) is 0 Å². The zero-order valence-electron chi connectivity index (χ0n) is 47.9. The Morgan fingerprint density at radius 2 is 0.906 bits per heavy atom. The predicted molar refractivity (Wildman–Crippen MR) is 312 cm³/mol. The van der Waals surface area contributed by atoms with Gasteiger partial charge in [-0.1, -0.05) is 13.8 Å². The van der Waals surface area contributed by atoms with Crippen LogP contribution in [0, 0.1) is 5.92 Å². The summed E-state index contributed by atoms with van der Waals surface area (Å²) in [5.74, 6) is -15.1. The second-order valence-electron chi connectivity index (χ2n) is 19.2. The normalized spacial score (nSPS) is 14.4. The van der Waals surface area contributed by atoms with E-state index >= 15 is 0 Å². The molecule has 85 heavy (non-hydrogen) atoms. The van der Waals surface area contributed by atoms with Gasteiger partial charge in [0.15, 0.2) is 0 Å². The Labute approximate surface area is 504 Å². The smallest absolute Gasteiger partial charge is 0.328 e. The predicted octanol–water partition coefficient (Wildman–Crippen LogP) is -9.52. The summed E-state index contributed by atoms with van der Waals surface area (Å²) in [7, 11) is 0. The van der Waals surface area contributed by atoms with Crippen molar-refractivity contribution < 1.29 is 87.2 Å². The number of nitrogens with one attached hydrogen (secondary N) is 12.